The van der Waals surface area contributed by atoms with Gasteiger partial charge < -0.3 is 5.73 Å². The number of fused-ring (bicyclic) bond motifs is 1. The SMILES string of the molecule is Nc1ccc2c(c1)C(=O)N(CC1CCS(=O)(=O)C1)C2=O. The van der Waals surface area contributed by atoms with Crippen LogP contribution in [0.25, 0.3) is 0 Å². The van der Waals surface area contributed by atoms with Gasteiger partial charge in [-0.15, -0.1) is 0 Å². The number of rotatable bonds is 2. The van der Waals surface area contributed by atoms with Crippen molar-refractivity contribution in [2.45, 2.75) is 6.42 Å². The number of imide groups is 1. The van der Waals surface area contributed by atoms with Crippen LogP contribution in [0, 0.1) is 5.92 Å². The molecule has 2 heterocycles. The smallest absolute Gasteiger partial charge is 0.261 e. The van der Waals surface area contributed by atoms with Crippen molar-refractivity contribution in [1.29, 1.82) is 0 Å². The molecule has 0 aromatic heterocycles. The molecule has 20 heavy (non-hydrogen) atoms. The van der Waals surface area contributed by atoms with Crippen molar-refractivity contribution in [3.63, 3.8) is 0 Å². The number of benzene rings is 1. The van der Waals surface area contributed by atoms with E-state index in [0.29, 0.717) is 23.2 Å². The maximum absolute atomic E-state index is 12.2. The Morgan fingerprint density at radius 2 is 1.90 bits per heavy atom. The summed E-state index contributed by atoms with van der Waals surface area (Å²) in [6, 6.07) is 4.60. The molecular formula is C13H14N2O4S. The molecule has 1 atom stereocenters. The van der Waals surface area contributed by atoms with Gasteiger partial charge in [0.15, 0.2) is 9.84 Å². The first-order valence-electron chi connectivity index (χ1n) is 6.33. The first-order valence-corrected chi connectivity index (χ1v) is 8.16. The largest absolute Gasteiger partial charge is 0.399 e. The highest BCUT2D eigenvalue weighted by atomic mass is 32.2. The van der Waals surface area contributed by atoms with E-state index in [9.17, 15) is 18.0 Å². The molecule has 1 fully saturated rings. The van der Waals surface area contributed by atoms with Crippen molar-refractivity contribution < 1.29 is 18.0 Å². The zero-order valence-corrected chi connectivity index (χ0v) is 11.5. The second-order valence-electron chi connectivity index (χ2n) is 5.29. The molecule has 0 radical (unpaired) electrons. The van der Waals surface area contributed by atoms with Crippen LogP contribution in [0.5, 0.6) is 0 Å². The lowest BCUT2D eigenvalue weighted by Gasteiger charge is -2.17. The highest BCUT2D eigenvalue weighted by Crippen LogP contribution is 2.28. The van der Waals surface area contributed by atoms with Crippen molar-refractivity contribution in [3.05, 3.63) is 29.3 Å². The van der Waals surface area contributed by atoms with Gasteiger partial charge in [0.2, 0.25) is 0 Å². The monoisotopic (exact) mass is 294 g/mol. The van der Waals surface area contributed by atoms with E-state index in [2.05, 4.69) is 0 Å². The number of amides is 2. The Balaban J connectivity index is 1.84. The van der Waals surface area contributed by atoms with Crippen LogP contribution in [0.1, 0.15) is 27.1 Å². The maximum Gasteiger partial charge on any atom is 0.261 e. The van der Waals surface area contributed by atoms with E-state index in [0.717, 1.165) is 4.90 Å². The van der Waals surface area contributed by atoms with E-state index in [-0.39, 0.29) is 35.8 Å². The van der Waals surface area contributed by atoms with Crippen LogP contribution in [-0.2, 0) is 9.84 Å². The van der Waals surface area contributed by atoms with E-state index < -0.39 is 9.84 Å². The predicted octanol–water partition coefficient (Wildman–Crippen LogP) is 0.300. The number of hydrogen-bond donors (Lipinski definition) is 1. The highest BCUT2D eigenvalue weighted by molar-refractivity contribution is 7.91. The van der Waals surface area contributed by atoms with Crippen LogP contribution in [0.15, 0.2) is 18.2 Å². The van der Waals surface area contributed by atoms with Crippen molar-refractivity contribution >= 4 is 27.3 Å². The van der Waals surface area contributed by atoms with Gasteiger partial charge in [0.25, 0.3) is 11.8 Å². The zero-order valence-electron chi connectivity index (χ0n) is 10.7. The number of anilines is 1. The molecule has 6 nitrogen and oxygen atoms in total. The van der Waals surface area contributed by atoms with Crippen LogP contribution < -0.4 is 5.73 Å². The Morgan fingerprint density at radius 1 is 1.20 bits per heavy atom. The van der Waals surface area contributed by atoms with Crippen LogP contribution in [0.2, 0.25) is 0 Å². The van der Waals surface area contributed by atoms with Gasteiger partial charge in [0.05, 0.1) is 22.6 Å². The Labute approximate surface area is 116 Å². The zero-order chi connectivity index (χ0) is 14.5. The van der Waals surface area contributed by atoms with E-state index in [1.165, 1.54) is 12.1 Å². The fourth-order valence-electron chi connectivity index (χ4n) is 2.75. The van der Waals surface area contributed by atoms with Crippen LogP contribution in [0.4, 0.5) is 5.69 Å². The van der Waals surface area contributed by atoms with E-state index in [1.807, 2.05) is 0 Å². The van der Waals surface area contributed by atoms with E-state index in [4.69, 9.17) is 5.73 Å². The summed E-state index contributed by atoms with van der Waals surface area (Å²) in [5.41, 5.74) is 6.69. The molecule has 2 aliphatic heterocycles. The Bertz CT molecular complexity index is 711. The predicted molar refractivity (Wildman–Crippen MR) is 73.0 cm³/mol. The molecule has 106 valence electrons. The molecule has 3 rings (SSSR count). The third kappa shape index (κ3) is 2.07. The van der Waals surface area contributed by atoms with Crippen LogP contribution >= 0.6 is 0 Å². The molecule has 0 aliphatic carbocycles. The molecule has 2 amide bonds. The summed E-state index contributed by atoms with van der Waals surface area (Å²) in [4.78, 5) is 25.5. The molecule has 2 N–H and O–H groups in total. The summed E-state index contributed by atoms with van der Waals surface area (Å²) >= 11 is 0. The average Bonchev–Trinajstić information content (AvgIpc) is 2.83. The number of hydrogen-bond acceptors (Lipinski definition) is 5. The summed E-state index contributed by atoms with van der Waals surface area (Å²) < 4.78 is 22.9. The van der Waals surface area contributed by atoms with Gasteiger partial charge >= 0.3 is 0 Å². The maximum atomic E-state index is 12.2. The minimum atomic E-state index is -3.02. The fraction of sp³-hybridized carbons (Fsp3) is 0.385. The molecule has 7 heteroatoms. The van der Waals surface area contributed by atoms with Gasteiger partial charge in [0, 0.05) is 12.2 Å². The number of nitrogens with zero attached hydrogens (tertiary/aromatic N) is 1. The summed E-state index contributed by atoms with van der Waals surface area (Å²) in [5, 5.41) is 0. The normalized spacial score (nSPS) is 24.2. The van der Waals surface area contributed by atoms with Crippen LogP contribution in [-0.4, -0.2) is 43.2 Å². The summed E-state index contributed by atoms with van der Waals surface area (Å²) in [5.74, 6) is -0.744. The molecule has 0 saturated carbocycles. The molecular weight excluding hydrogens is 280 g/mol. The quantitative estimate of drug-likeness (QED) is 0.625. The number of sulfone groups is 1. The summed E-state index contributed by atoms with van der Waals surface area (Å²) in [7, 11) is -3.02. The van der Waals surface area contributed by atoms with Crippen molar-refractivity contribution in [2.75, 3.05) is 23.8 Å². The van der Waals surface area contributed by atoms with E-state index in [1.54, 1.807) is 6.07 Å². The number of nitrogens with two attached hydrogens (primary N) is 1. The highest BCUT2D eigenvalue weighted by Gasteiger charge is 2.39. The van der Waals surface area contributed by atoms with Gasteiger partial charge in [0.1, 0.15) is 0 Å². The molecule has 1 unspecified atom stereocenters. The molecule has 1 aromatic carbocycles. The Kier molecular flexibility index (Phi) is 2.82. The van der Waals surface area contributed by atoms with Gasteiger partial charge in [-0.3, -0.25) is 14.5 Å². The number of carbonyl (C=O) groups is 2. The first-order chi connectivity index (χ1) is 9.37. The van der Waals surface area contributed by atoms with Gasteiger partial charge in [-0.25, -0.2) is 8.42 Å². The number of nitrogen functional groups attached to an aromatic ring is 1. The Hall–Kier alpha value is -1.89. The molecule has 1 saturated heterocycles. The molecule has 0 bridgehead atoms. The van der Waals surface area contributed by atoms with Gasteiger partial charge in [-0.1, -0.05) is 0 Å². The molecule has 2 aliphatic rings. The molecule has 0 spiro atoms. The lowest BCUT2D eigenvalue weighted by Crippen LogP contribution is -2.35. The summed E-state index contributed by atoms with van der Waals surface area (Å²) in [6.07, 6.45) is 0.498. The number of carbonyl (C=O) groups excluding carboxylic acids is 2. The van der Waals surface area contributed by atoms with E-state index >= 15 is 0 Å². The second kappa shape index (κ2) is 4.31. The van der Waals surface area contributed by atoms with Gasteiger partial charge in [-0.05, 0) is 30.5 Å². The third-order valence-electron chi connectivity index (χ3n) is 3.76. The fourth-order valence-corrected chi connectivity index (χ4v) is 4.60. The lowest BCUT2D eigenvalue weighted by molar-refractivity contribution is 0.0634. The lowest BCUT2D eigenvalue weighted by atomic mass is 10.1. The van der Waals surface area contributed by atoms with Crippen molar-refractivity contribution in [3.8, 4) is 0 Å². The minimum Gasteiger partial charge on any atom is -0.399 e. The Morgan fingerprint density at radius 3 is 2.55 bits per heavy atom. The summed E-state index contributed by atoms with van der Waals surface area (Å²) in [6.45, 7) is 0.158. The van der Waals surface area contributed by atoms with Crippen molar-refractivity contribution in [1.82, 2.24) is 4.90 Å². The van der Waals surface area contributed by atoms with Crippen molar-refractivity contribution in [2.24, 2.45) is 5.92 Å². The first kappa shape index (κ1) is 13.1. The molecule has 1 aromatic rings. The third-order valence-corrected chi connectivity index (χ3v) is 5.60. The standard InChI is InChI=1S/C13H14N2O4S/c14-9-1-2-10-11(5-9)13(17)15(12(10)16)6-8-3-4-20(18,19)7-8/h1-2,5,8H,3-4,6-7,14H2. The minimum absolute atomic E-state index is 0.0442. The van der Waals surface area contributed by atoms with Gasteiger partial charge in [-0.2, -0.15) is 0 Å². The average molecular weight is 294 g/mol. The second-order valence-corrected chi connectivity index (χ2v) is 7.52. The van der Waals surface area contributed by atoms with Crippen LogP contribution in [0.3, 0.4) is 0 Å². The topological polar surface area (TPSA) is 97.5 Å².